The average molecular weight is 766 g/mol. The van der Waals surface area contributed by atoms with Gasteiger partial charge in [-0.25, -0.2) is 13.2 Å². The van der Waals surface area contributed by atoms with Crippen molar-refractivity contribution in [2.24, 2.45) is 0 Å². The molecule has 3 aliphatic heterocycles. The zero-order valence-corrected chi connectivity index (χ0v) is 32.7. The molecule has 8 rings (SSSR count). The summed E-state index contributed by atoms with van der Waals surface area (Å²) in [6, 6.07) is 27.5. The Hall–Kier alpha value is -4.61. The van der Waals surface area contributed by atoms with Gasteiger partial charge in [-0.1, -0.05) is 54.6 Å². The standard InChI is InChI=1S/C44H51N3O7S/c1-44(2,3)54-43(49)45-33-25-34-17-18-35(26-33)47(34)42(48)41-27-39(53-37-19-13-30(14-20-37)29-9-5-4-6-10-29)28-46(41)55(50,51)40-22-16-31-23-38(21-15-32(31)24-40)52-36-11-7-8-12-36/h4-6,9-10,13-16,19-24,33-36,39,41H,7-8,11-12,17-18,25-28H2,1-3H3,(H,45,49)/t33?,34?,35?,39-,41+/m1/s1. The van der Waals surface area contributed by atoms with E-state index in [-0.39, 0.29) is 48.0 Å². The van der Waals surface area contributed by atoms with E-state index in [9.17, 15) is 18.0 Å². The van der Waals surface area contributed by atoms with E-state index in [2.05, 4.69) is 5.32 Å². The molecule has 0 radical (unpaired) electrons. The Bertz CT molecular complexity index is 2120. The van der Waals surface area contributed by atoms with Gasteiger partial charge in [-0.05, 0) is 130 Å². The van der Waals surface area contributed by atoms with Gasteiger partial charge in [-0.2, -0.15) is 4.31 Å². The van der Waals surface area contributed by atoms with Crippen LogP contribution >= 0.6 is 0 Å². The van der Waals surface area contributed by atoms with Crippen molar-refractivity contribution in [3.05, 3.63) is 91.0 Å². The van der Waals surface area contributed by atoms with Crippen molar-refractivity contribution >= 4 is 32.8 Å². The van der Waals surface area contributed by atoms with E-state index in [1.807, 2.05) is 105 Å². The molecule has 1 N–H and O–H groups in total. The monoisotopic (exact) mass is 765 g/mol. The minimum absolute atomic E-state index is 0.0391. The third-order valence-corrected chi connectivity index (χ3v) is 13.3. The first kappa shape index (κ1) is 37.3. The number of benzene rings is 4. The SMILES string of the molecule is CC(C)(C)OC(=O)NC1CC2CCC(C1)N2C(=O)[C@@H]1C[C@@H](Oc2ccc(-c3ccccc3)cc2)CN1S(=O)(=O)c1ccc2cc(OC3CCCC3)ccc2c1. The molecule has 0 spiro atoms. The van der Waals surface area contributed by atoms with Crippen LogP contribution in [0.5, 0.6) is 11.5 Å². The van der Waals surface area contributed by atoms with E-state index in [0.717, 1.165) is 53.3 Å². The molecule has 3 saturated heterocycles. The predicted molar refractivity (Wildman–Crippen MR) is 211 cm³/mol. The van der Waals surface area contributed by atoms with Gasteiger partial charge >= 0.3 is 6.09 Å². The number of rotatable bonds is 9. The molecule has 290 valence electrons. The summed E-state index contributed by atoms with van der Waals surface area (Å²) in [6.07, 6.45) is 6.69. The molecule has 11 heteroatoms. The molecule has 0 aromatic heterocycles. The number of ether oxygens (including phenoxy) is 3. The number of hydrogen-bond donors (Lipinski definition) is 1. The van der Waals surface area contributed by atoms with E-state index in [4.69, 9.17) is 14.2 Å². The van der Waals surface area contributed by atoms with Gasteiger partial charge < -0.3 is 24.4 Å². The highest BCUT2D eigenvalue weighted by atomic mass is 32.2. The first-order valence-corrected chi connectivity index (χ1v) is 21.2. The molecule has 1 aliphatic carbocycles. The maximum atomic E-state index is 14.7. The predicted octanol–water partition coefficient (Wildman–Crippen LogP) is 8.09. The van der Waals surface area contributed by atoms with Crippen LogP contribution in [-0.2, 0) is 19.6 Å². The number of nitrogens with zero attached hydrogens (tertiary/aromatic N) is 2. The van der Waals surface area contributed by atoms with Crippen LogP contribution in [0.3, 0.4) is 0 Å². The average Bonchev–Trinajstić information content (AvgIpc) is 3.89. The third kappa shape index (κ3) is 8.19. The maximum absolute atomic E-state index is 14.7. The Morgan fingerprint density at radius 1 is 0.709 bits per heavy atom. The quantitative estimate of drug-likeness (QED) is 0.183. The van der Waals surface area contributed by atoms with Crippen LogP contribution in [0.1, 0.15) is 78.6 Å². The lowest BCUT2D eigenvalue weighted by atomic mass is 9.96. The van der Waals surface area contributed by atoms with Crippen LogP contribution in [-0.4, -0.2) is 78.1 Å². The van der Waals surface area contributed by atoms with Gasteiger partial charge in [0.2, 0.25) is 15.9 Å². The molecule has 4 atom stereocenters. The van der Waals surface area contributed by atoms with Crippen molar-refractivity contribution in [2.45, 2.75) is 125 Å². The highest BCUT2D eigenvalue weighted by Gasteiger charge is 2.51. The maximum Gasteiger partial charge on any atom is 0.407 e. The fourth-order valence-electron chi connectivity index (χ4n) is 8.96. The molecule has 4 aromatic carbocycles. The van der Waals surface area contributed by atoms with Gasteiger partial charge in [0, 0.05) is 24.5 Å². The molecule has 4 aromatic rings. The molecule has 2 bridgehead atoms. The number of hydrogen-bond acceptors (Lipinski definition) is 7. The normalized spacial score (nSPS) is 24.6. The van der Waals surface area contributed by atoms with Crippen molar-refractivity contribution < 1.29 is 32.2 Å². The summed E-state index contributed by atoms with van der Waals surface area (Å²) in [6.45, 7) is 5.53. The number of nitrogens with one attached hydrogen (secondary N) is 1. The summed E-state index contributed by atoms with van der Waals surface area (Å²) in [7, 11) is -4.12. The topological polar surface area (TPSA) is 114 Å². The molecule has 10 nitrogen and oxygen atoms in total. The van der Waals surface area contributed by atoms with Crippen molar-refractivity contribution in [1.82, 2.24) is 14.5 Å². The van der Waals surface area contributed by atoms with Gasteiger partial charge in [0.25, 0.3) is 0 Å². The van der Waals surface area contributed by atoms with E-state index >= 15 is 0 Å². The van der Waals surface area contributed by atoms with Crippen molar-refractivity contribution in [3.8, 4) is 22.6 Å². The molecule has 1 saturated carbocycles. The molecule has 4 aliphatic rings. The smallest absolute Gasteiger partial charge is 0.407 e. The van der Waals surface area contributed by atoms with Gasteiger partial charge in [0.15, 0.2) is 0 Å². The summed E-state index contributed by atoms with van der Waals surface area (Å²) in [5.41, 5.74) is 1.52. The van der Waals surface area contributed by atoms with E-state index < -0.39 is 33.9 Å². The van der Waals surface area contributed by atoms with E-state index in [1.165, 1.54) is 17.1 Å². The lowest BCUT2D eigenvalue weighted by Gasteiger charge is -2.41. The third-order valence-electron chi connectivity index (χ3n) is 11.5. The van der Waals surface area contributed by atoms with Gasteiger partial charge in [-0.15, -0.1) is 0 Å². The Balaban J connectivity index is 1.04. The Morgan fingerprint density at radius 3 is 2.02 bits per heavy atom. The number of fused-ring (bicyclic) bond motifs is 3. The van der Waals surface area contributed by atoms with Crippen molar-refractivity contribution in [3.63, 3.8) is 0 Å². The number of amides is 2. The van der Waals surface area contributed by atoms with Crippen LogP contribution < -0.4 is 14.8 Å². The fourth-order valence-corrected chi connectivity index (χ4v) is 10.6. The molecular weight excluding hydrogens is 715 g/mol. The van der Waals surface area contributed by atoms with Crippen LogP contribution in [0.15, 0.2) is 95.9 Å². The molecular formula is C44H51N3O7S. The summed E-state index contributed by atoms with van der Waals surface area (Å²) >= 11 is 0. The molecule has 4 fully saturated rings. The molecule has 2 amide bonds. The van der Waals surface area contributed by atoms with Crippen LogP contribution in [0.4, 0.5) is 4.79 Å². The Morgan fingerprint density at radius 2 is 1.33 bits per heavy atom. The van der Waals surface area contributed by atoms with Crippen molar-refractivity contribution in [2.75, 3.05) is 6.54 Å². The number of alkyl carbamates (subject to hydrolysis) is 1. The fraction of sp³-hybridized carbons (Fsp3) is 0.455. The minimum atomic E-state index is -4.12. The Labute approximate surface area is 324 Å². The summed E-state index contributed by atoms with van der Waals surface area (Å²) in [5.74, 6) is 1.20. The summed E-state index contributed by atoms with van der Waals surface area (Å²) < 4.78 is 48.8. The number of sulfonamides is 1. The summed E-state index contributed by atoms with van der Waals surface area (Å²) in [4.78, 5) is 29.4. The second-order valence-electron chi connectivity index (χ2n) is 16.6. The summed E-state index contributed by atoms with van der Waals surface area (Å²) in [5, 5.41) is 4.69. The second-order valence-corrected chi connectivity index (χ2v) is 18.5. The second kappa shape index (κ2) is 15.1. The Kier molecular flexibility index (Phi) is 10.3. The lowest BCUT2D eigenvalue weighted by molar-refractivity contribution is -0.139. The highest BCUT2D eigenvalue weighted by Crippen LogP contribution is 2.40. The van der Waals surface area contributed by atoms with E-state index in [1.54, 1.807) is 12.1 Å². The first-order chi connectivity index (χ1) is 26.4. The zero-order valence-electron chi connectivity index (χ0n) is 31.9. The van der Waals surface area contributed by atoms with Crippen LogP contribution in [0, 0.1) is 0 Å². The van der Waals surface area contributed by atoms with Gasteiger partial charge in [0.05, 0.1) is 17.5 Å². The molecule has 2 unspecified atom stereocenters. The molecule has 55 heavy (non-hydrogen) atoms. The van der Waals surface area contributed by atoms with Crippen LogP contribution in [0.25, 0.3) is 21.9 Å². The number of piperidine rings is 1. The van der Waals surface area contributed by atoms with E-state index in [0.29, 0.717) is 18.6 Å². The van der Waals surface area contributed by atoms with Gasteiger partial charge in [-0.3, -0.25) is 4.79 Å². The lowest BCUT2D eigenvalue weighted by Crippen LogP contribution is -2.57. The largest absolute Gasteiger partial charge is 0.490 e. The van der Waals surface area contributed by atoms with Gasteiger partial charge in [0.1, 0.15) is 29.2 Å². The minimum Gasteiger partial charge on any atom is -0.490 e. The first-order valence-electron chi connectivity index (χ1n) is 19.8. The van der Waals surface area contributed by atoms with Crippen LogP contribution in [0.2, 0.25) is 0 Å². The number of carbonyl (C=O) groups is 2. The highest BCUT2D eigenvalue weighted by molar-refractivity contribution is 7.89. The number of carbonyl (C=O) groups excluding carboxylic acids is 2. The molecule has 3 heterocycles. The zero-order chi connectivity index (χ0) is 38.3. The van der Waals surface area contributed by atoms with Crippen molar-refractivity contribution in [1.29, 1.82) is 0 Å².